The van der Waals surface area contributed by atoms with E-state index in [0.717, 1.165) is 68.9 Å². The third kappa shape index (κ3) is 3.38. The molecule has 0 amide bonds. The molecule has 3 aromatic rings. The van der Waals surface area contributed by atoms with Crippen molar-refractivity contribution < 1.29 is 0 Å². The molecule has 1 aromatic heterocycles. The van der Waals surface area contributed by atoms with Crippen LogP contribution in [0.1, 0.15) is 62.4 Å². The van der Waals surface area contributed by atoms with E-state index in [1.807, 2.05) is 6.07 Å². The number of halogens is 1. The Labute approximate surface area is 194 Å². The van der Waals surface area contributed by atoms with Gasteiger partial charge in [0.25, 0.3) is 5.56 Å². The number of unbranched alkanes of at least 4 members (excludes halogenated alkanes) is 1. The van der Waals surface area contributed by atoms with E-state index in [2.05, 4.69) is 58.6 Å². The smallest absolute Gasteiger partial charge is 0.282 e. The maximum Gasteiger partial charge on any atom is 0.282 e. The van der Waals surface area contributed by atoms with Crippen molar-refractivity contribution in [1.82, 2.24) is 14.5 Å². The predicted molar refractivity (Wildman–Crippen MR) is 131 cm³/mol. The van der Waals surface area contributed by atoms with E-state index < -0.39 is 0 Å². The summed E-state index contributed by atoms with van der Waals surface area (Å²) in [5.41, 5.74) is 9.56. The molecule has 168 valence electrons. The van der Waals surface area contributed by atoms with Gasteiger partial charge in [-0.05, 0) is 94.9 Å². The van der Waals surface area contributed by atoms with Gasteiger partial charge in [0.2, 0.25) is 0 Å². The van der Waals surface area contributed by atoms with Gasteiger partial charge in [-0.15, -0.1) is 0 Å². The van der Waals surface area contributed by atoms with Crippen molar-refractivity contribution in [2.45, 2.75) is 50.9 Å². The number of para-hydroxylation sites is 1. The Bertz CT molecular complexity index is 1220. The summed E-state index contributed by atoms with van der Waals surface area (Å²) in [6, 6.07) is 12.4. The second-order valence-corrected chi connectivity index (χ2v) is 10.1. The second-order valence-electron chi connectivity index (χ2n) is 9.69. The van der Waals surface area contributed by atoms with Crippen molar-refractivity contribution in [3.63, 3.8) is 0 Å². The van der Waals surface area contributed by atoms with Crippen LogP contribution in [0.25, 0.3) is 16.6 Å². The SMILES string of the molecule is CC1(C)c2ccccc2-n2c1nc(=O)c1c(Cl)ccc(C3CCN(CCCCN)CC3)c12. The van der Waals surface area contributed by atoms with E-state index in [1.165, 1.54) is 11.1 Å². The number of nitrogens with two attached hydrogens (primary N) is 1. The summed E-state index contributed by atoms with van der Waals surface area (Å²) >= 11 is 6.60. The van der Waals surface area contributed by atoms with E-state index in [9.17, 15) is 4.79 Å². The first-order valence-corrected chi connectivity index (χ1v) is 12.1. The average molecular weight is 451 g/mol. The molecule has 2 aliphatic rings. The first-order valence-electron chi connectivity index (χ1n) is 11.7. The van der Waals surface area contributed by atoms with E-state index in [0.29, 0.717) is 16.3 Å². The molecule has 5 rings (SSSR count). The van der Waals surface area contributed by atoms with E-state index in [-0.39, 0.29) is 11.0 Å². The summed E-state index contributed by atoms with van der Waals surface area (Å²) in [6.45, 7) is 8.32. The highest BCUT2D eigenvalue weighted by Gasteiger charge is 2.39. The number of aromatic nitrogens is 2. The topological polar surface area (TPSA) is 64.2 Å². The molecule has 0 saturated carbocycles. The number of likely N-dealkylation sites (tertiary alicyclic amines) is 1. The Kier molecular flexibility index (Phi) is 5.60. The average Bonchev–Trinajstić information content (AvgIpc) is 3.02. The van der Waals surface area contributed by atoms with Crippen LogP contribution in [-0.4, -0.2) is 40.6 Å². The summed E-state index contributed by atoms with van der Waals surface area (Å²) in [5.74, 6) is 1.20. The van der Waals surface area contributed by atoms with Crippen molar-refractivity contribution in [3.8, 4) is 5.69 Å². The fraction of sp³-hybridized carbons (Fsp3) is 0.462. The summed E-state index contributed by atoms with van der Waals surface area (Å²) in [7, 11) is 0. The molecule has 0 radical (unpaired) electrons. The summed E-state index contributed by atoms with van der Waals surface area (Å²) in [4.78, 5) is 20.3. The van der Waals surface area contributed by atoms with Gasteiger partial charge in [0.1, 0.15) is 5.82 Å². The quantitative estimate of drug-likeness (QED) is 0.577. The lowest BCUT2D eigenvalue weighted by atomic mass is 9.85. The highest BCUT2D eigenvalue weighted by Crippen LogP contribution is 2.45. The molecule has 2 aromatic carbocycles. The van der Waals surface area contributed by atoms with Crippen LogP contribution in [0.3, 0.4) is 0 Å². The number of fused-ring (bicyclic) bond motifs is 5. The molecule has 0 spiro atoms. The van der Waals surface area contributed by atoms with Crippen LogP contribution < -0.4 is 11.3 Å². The molecule has 5 nitrogen and oxygen atoms in total. The van der Waals surface area contributed by atoms with Gasteiger partial charge in [-0.3, -0.25) is 9.36 Å². The van der Waals surface area contributed by atoms with Gasteiger partial charge in [-0.25, -0.2) is 0 Å². The lowest BCUT2D eigenvalue weighted by molar-refractivity contribution is 0.209. The van der Waals surface area contributed by atoms with Crippen LogP contribution in [0.15, 0.2) is 41.2 Å². The van der Waals surface area contributed by atoms with Gasteiger partial charge in [0, 0.05) is 0 Å². The molecule has 1 fully saturated rings. The van der Waals surface area contributed by atoms with Gasteiger partial charge < -0.3 is 10.6 Å². The molecule has 3 heterocycles. The molecule has 2 aliphatic heterocycles. The molecule has 0 atom stereocenters. The van der Waals surface area contributed by atoms with E-state index in [4.69, 9.17) is 17.3 Å². The highest BCUT2D eigenvalue weighted by atomic mass is 35.5. The van der Waals surface area contributed by atoms with Crippen molar-refractivity contribution in [2.24, 2.45) is 5.73 Å². The standard InChI is InChI=1S/C26H31ClN4O/c1-26(2)19-7-3-4-8-21(19)31-23-18(9-10-20(27)22(23)24(32)29-25(26)31)17-11-15-30(16-12-17)14-6-5-13-28/h3-4,7-10,17H,5-6,11-16,28H2,1-2H3. The van der Waals surface area contributed by atoms with Gasteiger partial charge in [0.15, 0.2) is 0 Å². The Morgan fingerprint density at radius 1 is 1.12 bits per heavy atom. The van der Waals surface area contributed by atoms with Crippen molar-refractivity contribution in [3.05, 3.63) is 68.7 Å². The minimum absolute atomic E-state index is 0.224. The molecule has 0 bridgehead atoms. The highest BCUT2D eigenvalue weighted by molar-refractivity contribution is 6.35. The van der Waals surface area contributed by atoms with E-state index >= 15 is 0 Å². The van der Waals surface area contributed by atoms with E-state index in [1.54, 1.807) is 0 Å². The largest absolute Gasteiger partial charge is 0.330 e. The van der Waals surface area contributed by atoms with Gasteiger partial charge in [0.05, 0.1) is 27.0 Å². The summed E-state index contributed by atoms with van der Waals surface area (Å²) in [5, 5.41) is 1.03. The second kappa shape index (κ2) is 8.29. The zero-order valence-corrected chi connectivity index (χ0v) is 19.7. The van der Waals surface area contributed by atoms with Crippen LogP contribution in [0, 0.1) is 0 Å². The molecular weight excluding hydrogens is 420 g/mol. The molecule has 0 unspecified atom stereocenters. The Balaban J connectivity index is 1.63. The molecular formula is C26H31ClN4O. The molecule has 6 heteroatoms. The first-order chi connectivity index (χ1) is 15.4. The van der Waals surface area contributed by atoms with Crippen LogP contribution in [0.4, 0.5) is 0 Å². The lowest BCUT2D eigenvalue weighted by Crippen LogP contribution is -2.34. The lowest BCUT2D eigenvalue weighted by Gasteiger charge is -2.33. The Morgan fingerprint density at radius 3 is 2.62 bits per heavy atom. The molecule has 2 N–H and O–H groups in total. The fourth-order valence-corrected chi connectivity index (χ4v) is 5.82. The van der Waals surface area contributed by atoms with Crippen LogP contribution >= 0.6 is 11.6 Å². The number of hydrogen-bond acceptors (Lipinski definition) is 4. The number of rotatable bonds is 5. The minimum Gasteiger partial charge on any atom is -0.330 e. The molecule has 32 heavy (non-hydrogen) atoms. The maximum atomic E-state index is 13.2. The van der Waals surface area contributed by atoms with Gasteiger partial charge >= 0.3 is 0 Å². The number of nitrogens with zero attached hydrogens (tertiary/aromatic N) is 3. The number of hydrogen-bond donors (Lipinski definition) is 1. The first kappa shape index (κ1) is 21.6. The monoisotopic (exact) mass is 450 g/mol. The zero-order valence-electron chi connectivity index (χ0n) is 18.9. The third-order valence-corrected chi connectivity index (χ3v) is 7.66. The number of piperidine rings is 1. The zero-order chi connectivity index (χ0) is 22.5. The van der Waals surface area contributed by atoms with Crippen molar-refractivity contribution >= 4 is 22.5 Å². The third-order valence-electron chi connectivity index (χ3n) is 7.35. The van der Waals surface area contributed by atoms with Crippen molar-refractivity contribution in [2.75, 3.05) is 26.2 Å². The van der Waals surface area contributed by atoms with Crippen LogP contribution in [0.5, 0.6) is 0 Å². The predicted octanol–water partition coefficient (Wildman–Crippen LogP) is 4.60. The Morgan fingerprint density at radius 2 is 1.88 bits per heavy atom. The molecule has 0 aliphatic carbocycles. The molecule has 1 saturated heterocycles. The number of benzene rings is 2. The fourth-order valence-electron chi connectivity index (χ4n) is 5.58. The normalized spacial score (nSPS) is 18.1. The van der Waals surface area contributed by atoms with Crippen molar-refractivity contribution in [1.29, 1.82) is 0 Å². The summed E-state index contributed by atoms with van der Waals surface area (Å²) < 4.78 is 2.21. The summed E-state index contributed by atoms with van der Waals surface area (Å²) in [6.07, 6.45) is 4.40. The van der Waals surface area contributed by atoms with Gasteiger partial charge in [-0.1, -0.05) is 35.9 Å². The van der Waals surface area contributed by atoms with Gasteiger partial charge in [-0.2, -0.15) is 4.98 Å². The van der Waals surface area contributed by atoms with Crippen LogP contribution in [0.2, 0.25) is 5.02 Å². The van der Waals surface area contributed by atoms with Crippen LogP contribution in [-0.2, 0) is 5.41 Å². The maximum absolute atomic E-state index is 13.2. The minimum atomic E-state index is -0.337. The Hall–Kier alpha value is -2.21.